The average molecular weight is 529 g/mol. The average Bonchev–Trinajstić information content (AvgIpc) is 3.27. The molecule has 0 saturated heterocycles. The number of halogens is 5. The van der Waals surface area contributed by atoms with Crippen molar-refractivity contribution in [2.24, 2.45) is 0 Å². The smallest absolute Gasteiger partial charge is 0.258 e. The van der Waals surface area contributed by atoms with E-state index in [-0.39, 0.29) is 49.8 Å². The zero-order chi connectivity index (χ0) is 24.6. The molecule has 2 aromatic carbocycles. The monoisotopic (exact) mass is 528 g/mol. The van der Waals surface area contributed by atoms with E-state index < -0.39 is 23.4 Å². The lowest BCUT2D eigenvalue weighted by atomic mass is 10.2. The first-order chi connectivity index (χ1) is 16.3. The van der Waals surface area contributed by atoms with E-state index in [4.69, 9.17) is 32.7 Å². The third kappa shape index (κ3) is 4.17. The Kier molecular flexibility index (Phi) is 6.69. The Morgan fingerprint density at radius 3 is 2.35 bits per heavy atom. The number of aromatic nitrogens is 2. The van der Waals surface area contributed by atoms with Crippen LogP contribution < -0.4 is 20.1 Å². The minimum atomic E-state index is -1.62. The molecule has 2 aromatic heterocycles. The van der Waals surface area contributed by atoms with Crippen molar-refractivity contribution in [3.8, 4) is 11.5 Å². The molecule has 0 aliphatic rings. The molecule has 0 aliphatic carbocycles. The number of carbonyl (C=O) groups is 1. The number of nitrogens with one attached hydrogen (secondary N) is 2. The molecule has 34 heavy (non-hydrogen) atoms. The predicted molar refractivity (Wildman–Crippen MR) is 125 cm³/mol. The van der Waals surface area contributed by atoms with Crippen molar-refractivity contribution in [1.29, 1.82) is 0 Å². The maximum atomic E-state index is 14.1. The second-order valence-electron chi connectivity index (χ2n) is 6.64. The molecule has 0 saturated carbocycles. The number of fused-ring (bicyclic) bond motifs is 1. The van der Waals surface area contributed by atoms with Crippen LogP contribution in [-0.2, 0) is 0 Å². The normalized spacial score (nSPS) is 10.9. The topological polar surface area (TPSA) is 85.4 Å². The Balaban J connectivity index is 1.70. The van der Waals surface area contributed by atoms with Gasteiger partial charge in [0.15, 0.2) is 23.3 Å². The highest BCUT2D eigenvalue weighted by molar-refractivity contribution is 7.18. The molecule has 2 heterocycles. The van der Waals surface area contributed by atoms with Crippen LogP contribution in [0, 0.1) is 17.5 Å². The largest absolute Gasteiger partial charge is 0.495 e. The van der Waals surface area contributed by atoms with E-state index in [0.717, 1.165) is 29.8 Å². The molecule has 0 bridgehead atoms. The fourth-order valence-electron chi connectivity index (χ4n) is 3.03. The molecule has 0 spiro atoms. The first-order valence-electron chi connectivity index (χ1n) is 9.30. The molecule has 2 N–H and O–H groups in total. The van der Waals surface area contributed by atoms with Crippen molar-refractivity contribution >= 4 is 67.9 Å². The number of amides is 1. The number of methoxy groups -OCH3 is 2. The SMILES string of the molecule is COc1cc(OC)c(Cl)c(NC(=O)c2csc3c(Nc4ccc(F)c(F)c4F)ncnc23)c1Cl. The van der Waals surface area contributed by atoms with Crippen LogP contribution in [0.5, 0.6) is 11.5 Å². The second kappa shape index (κ2) is 9.53. The molecule has 0 aliphatic heterocycles. The summed E-state index contributed by atoms with van der Waals surface area (Å²) in [5, 5.41) is 6.86. The summed E-state index contributed by atoms with van der Waals surface area (Å²) in [7, 11) is 2.79. The van der Waals surface area contributed by atoms with Crippen LogP contribution in [0.1, 0.15) is 10.4 Å². The Labute approximate surface area is 204 Å². The van der Waals surface area contributed by atoms with Gasteiger partial charge in [-0.3, -0.25) is 4.79 Å². The summed E-state index contributed by atoms with van der Waals surface area (Å²) in [4.78, 5) is 21.2. The maximum Gasteiger partial charge on any atom is 0.258 e. The second-order valence-corrected chi connectivity index (χ2v) is 8.27. The lowest BCUT2D eigenvalue weighted by molar-refractivity contribution is 0.102. The molecular weight excluding hydrogens is 516 g/mol. The molecule has 0 radical (unpaired) electrons. The van der Waals surface area contributed by atoms with Gasteiger partial charge in [0.1, 0.15) is 27.9 Å². The van der Waals surface area contributed by atoms with E-state index in [1.54, 1.807) is 0 Å². The molecule has 4 aromatic rings. The van der Waals surface area contributed by atoms with Crippen LogP contribution in [0.15, 0.2) is 29.9 Å². The third-order valence-corrected chi connectivity index (χ3v) is 6.43. The lowest BCUT2D eigenvalue weighted by Crippen LogP contribution is -2.13. The summed E-state index contributed by atoms with van der Waals surface area (Å²) in [5.41, 5.74) is 0.107. The number of hydrogen-bond donors (Lipinski definition) is 2. The first kappa shape index (κ1) is 23.9. The molecule has 0 atom stereocenters. The molecule has 0 unspecified atom stereocenters. The number of carbonyl (C=O) groups excluding carboxylic acids is 1. The third-order valence-electron chi connectivity index (χ3n) is 4.70. The fourth-order valence-corrected chi connectivity index (χ4v) is 4.57. The van der Waals surface area contributed by atoms with Crippen molar-refractivity contribution in [3.63, 3.8) is 0 Å². The van der Waals surface area contributed by atoms with Gasteiger partial charge in [-0.15, -0.1) is 11.3 Å². The van der Waals surface area contributed by atoms with Gasteiger partial charge in [-0.25, -0.2) is 23.1 Å². The fraction of sp³-hybridized carbons (Fsp3) is 0.0952. The van der Waals surface area contributed by atoms with Crippen LogP contribution >= 0.6 is 34.5 Å². The van der Waals surface area contributed by atoms with Gasteiger partial charge in [0.05, 0.1) is 41.4 Å². The molecule has 4 rings (SSSR count). The Morgan fingerprint density at radius 2 is 1.71 bits per heavy atom. The van der Waals surface area contributed by atoms with Gasteiger partial charge >= 0.3 is 0 Å². The van der Waals surface area contributed by atoms with Gasteiger partial charge in [0, 0.05) is 11.4 Å². The zero-order valence-corrected chi connectivity index (χ0v) is 19.6. The maximum absolute atomic E-state index is 14.1. The van der Waals surface area contributed by atoms with Crippen LogP contribution in [0.3, 0.4) is 0 Å². The Bertz CT molecular complexity index is 1410. The quantitative estimate of drug-likeness (QED) is 0.280. The minimum Gasteiger partial charge on any atom is -0.495 e. The van der Waals surface area contributed by atoms with E-state index in [0.29, 0.717) is 4.70 Å². The summed E-state index contributed by atoms with van der Waals surface area (Å²) in [6.45, 7) is 0. The summed E-state index contributed by atoms with van der Waals surface area (Å²) in [6.07, 6.45) is 1.14. The molecule has 7 nitrogen and oxygen atoms in total. The molecular formula is C21H13Cl2F3N4O3S. The molecule has 0 fully saturated rings. The van der Waals surface area contributed by atoms with Gasteiger partial charge in [-0.2, -0.15) is 0 Å². The number of hydrogen-bond acceptors (Lipinski definition) is 7. The van der Waals surface area contributed by atoms with Crippen molar-refractivity contribution < 1.29 is 27.4 Å². The van der Waals surface area contributed by atoms with Gasteiger partial charge in [0.25, 0.3) is 5.91 Å². The number of ether oxygens (including phenoxy) is 2. The molecule has 1 amide bonds. The number of nitrogens with zero attached hydrogens (tertiary/aromatic N) is 2. The first-order valence-corrected chi connectivity index (χ1v) is 10.9. The van der Waals surface area contributed by atoms with Gasteiger partial charge < -0.3 is 20.1 Å². The zero-order valence-electron chi connectivity index (χ0n) is 17.3. The summed E-state index contributed by atoms with van der Waals surface area (Å²) in [6, 6.07) is 3.29. The highest BCUT2D eigenvalue weighted by Crippen LogP contribution is 2.44. The Hall–Kier alpha value is -3.28. The van der Waals surface area contributed by atoms with Crippen molar-refractivity contribution in [3.05, 3.63) is 63.0 Å². The Morgan fingerprint density at radius 1 is 1.03 bits per heavy atom. The van der Waals surface area contributed by atoms with Crippen LogP contribution in [0.2, 0.25) is 10.0 Å². The summed E-state index contributed by atoms with van der Waals surface area (Å²) >= 11 is 13.7. The van der Waals surface area contributed by atoms with Crippen molar-refractivity contribution in [1.82, 2.24) is 9.97 Å². The lowest BCUT2D eigenvalue weighted by Gasteiger charge is -2.15. The highest BCUT2D eigenvalue weighted by atomic mass is 35.5. The van der Waals surface area contributed by atoms with E-state index in [2.05, 4.69) is 20.6 Å². The van der Waals surface area contributed by atoms with Crippen molar-refractivity contribution in [2.75, 3.05) is 24.9 Å². The molecule has 13 heteroatoms. The van der Waals surface area contributed by atoms with E-state index in [1.165, 1.54) is 25.7 Å². The van der Waals surface area contributed by atoms with Gasteiger partial charge in [-0.1, -0.05) is 23.2 Å². The highest BCUT2D eigenvalue weighted by Gasteiger charge is 2.23. The number of benzene rings is 2. The van der Waals surface area contributed by atoms with Gasteiger partial charge in [0.2, 0.25) is 0 Å². The van der Waals surface area contributed by atoms with Crippen LogP contribution in [-0.4, -0.2) is 30.1 Å². The van der Waals surface area contributed by atoms with E-state index in [9.17, 15) is 18.0 Å². The predicted octanol–water partition coefficient (Wildman–Crippen LogP) is 6.43. The molecule has 176 valence electrons. The number of rotatable bonds is 6. The summed E-state index contributed by atoms with van der Waals surface area (Å²) < 4.78 is 51.7. The number of thiophene rings is 1. The minimum absolute atomic E-state index is 0.0620. The van der Waals surface area contributed by atoms with Crippen molar-refractivity contribution in [2.45, 2.75) is 0 Å². The van der Waals surface area contributed by atoms with E-state index >= 15 is 0 Å². The number of anilines is 3. The standard InChI is InChI=1S/C21H13Cl2F3N4O3S/c1-32-11-5-12(33-2)14(23)18(13(11)22)30-21(31)8-6-34-19-17(8)27-7-28-20(19)29-10-4-3-9(24)15(25)16(10)26/h3-7H,1-2H3,(H,30,31)(H,27,28,29). The van der Waals surface area contributed by atoms with Crippen LogP contribution in [0.4, 0.5) is 30.4 Å². The summed E-state index contributed by atoms with van der Waals surface area (Å²) in [5.74, 6) is -4.39. The van der Waals surface area contributed by atoms with E-state index in [1.807, 2.05) is 0 Å². The van der Waals surface area contributed by atoms with Gasteiger partial charge in [-0.05, 0) is 12.1 Å². The van der Waals surface area contributed by atoms with Crippen LogP contribution in [0.25, 0.3) is 10.2 Å².